The molecule has 120 valence electrons. The van der Waals surface area contributed by atoms with E-state index in [1.807, 2.05) is 6.07 Å². The van der Waals surface area contributed by atoms with Crippen molar-refractivity contribution in [2.45, 2.75) is 72.3 Å². The van der Waals surface area contributed by atoms with Gasteiger partial charge >= 0.3 is 0 Å². The number of hydrogen-bond donors (Lipinski definition) is 1. The summed E-state index contributed by atoms with van der Waals surface area (Å²) in [4.78, 5) is 0. The van der Waals surface area contributed by atoms with Crippen LogP contribution in [0, 0.1) is 17.3 Å². The number of rotatable bonds is 6. The van der Waals surface area contributed by atoms with E-state index in [1.165, 1.54) is 32.1 Å². The van der Waals surface area contributed by atoms with E-state index in [9.17, 15) is 0 Å². The van der Waals surface area contributed by atoms with Crippen LogP contribution >= 0.6 is 0 Å². The highest BCUT2D eigenvalue weighted by molar-refractivity contribution is 5.02. The average molecular weight is 291 g/mol. The summed E-state index contributed by atoms with van der Waals surface area (Å²) in [6.45, 7) is 10.5. The molecule has 1 N–H and O–H groups in total. The van der Waals surface area contributed by atoms with Crippen molar-refractivity contribution in [3.8, 4) is 0 Å². The summed E-state index contributed by atoms with van der Waals surface area (Å²) in [7, 11) is 0. The second-order valence-corrected chi connectivity index (χ2v) is 7.82. The van der Waals surface area contributed by atoms with E-state index in [-0.39, 0.29) is 0 Å². The predicted octanol–water partition coefficient (Wildman–Crippen LogP) is 5.04. The van der Waals surface area contributed by atoms with Crippen molar-refractivity contribution in [2.24, 2.45) is 17.3 Å². The normalized spacial score (nSPS) is 25.0. The Bertz CT molecular complexity index is 382. The molecule has 2 rings (SSSR count). The van der Waals surface area contributed by atoms with Crippen LogP contribution < -0.4 is 5.32 Å². The molecule has 2 nitrogen and oxygen atoms in total. The standard InChI is InChI=1S/C19H33NO/c1-5-12-20-18(14-17-7-6-13-21-17)15-8-10-16(11-9-15)19(2,3)4/h6-7,13,15-16,18,20H,5,8-12,14H2,1-4H3. The molecule has 0 spiro atoms. The van der Waals surface area contributed by atoms with Crippen LogP contribution in [-0.2, 0) is 6.42 Å². The molecule has 1 aromatic heterocycles. The van der Waals surface area contributed by atoms with Gasteiger partial charge in [0.15, 0.2) is 0 Å². The third kappa shape index (κ3) is 4.88. The van der Waals surface area contributed by atoms with E-state index < -0.39 is 0 Å². The smallest absolute Gasteiger partial charge is 0.105 e. The molecule has 1 aliphatic rings. The molecule has 21 heavy (non-hydrogen) atoms. The molecule has 1 atom stereocenters. The maximum absolute atomic E-state index is 5.57. The second-order valence-electron chi connectivity index (χ2n) is 7.82. The quantitative estimate of drug-likeness (QED) is 0.794. The summed E-state index contributed by atoms with van der Waals surface area (Å²) in [5.41, 5.74) is 0.471. The molecule has 0 bridgehead atoms. The Labute approximate surface area is 130 Å². The fourth-order valence-electron chi connectivity index (χ4n) is 3.77. The van der Waals surface area contributed by atoms with Crippen LogP contribution in [-0.4, -0.2) is 12.6 Å². The molecule has 0 amide bonds. The largest absolute Gasteiger partial charge is 0.469 e. The lowest BCUT2D eigenvalue weighted by atomic mass is 9.68. The summed E-state index contributed by atoms with van der Waals surface area (Å²) >= 11 is 0. The van der Waals surface area contributed by atoms with E-state index in [2.05, 4.69) is 39.1 Å². The van der Waals surface area contributed by atoms with Crippen LogP contribution in [0.5, 0.6) is 0 Å². The van der Waals surface area contributed by atoms with Crippen LogP contribution in [0.4, 0.5) is 0 Å². The van der Waals surface area contributed by atoms with Gasteiger partial charge in [0.2, 0.25) is 0 Å². The van der Waals surface area contributed by atoms with Crippen molar-refractivity contribution in [1.29, 1.82) is 0 Å². The first kappa shape index (κ1) is 16.6. The SMILES string of the molecule is CCCNC(Cc1ccco1)C1CCC(C(C)(C)C)CC1. The van der Waals surface area contributed by atoms with Crippen LogP contribution in [0.3, 0.4) is 0 Å². The first-order chi connectivity index (χ1) is 10.0. The van der Waals surface area contributed by atoms with E-state index >= 15 is 0 Å². The van der Waals surface area contributed by atoms with E-state index in [0.29, 0.717) is 11.5 Å². The zero-order chi connectivity index (χ0) is 15.3. The third-order valence-electron chi connectivity index (χ3n) is 5.22. The lowest BCUT2D eigenvalue weighted by Gasteiger charge is -2.39. The zero-order valence-electron chi connectivity index (χ0n) is 14.3. The Morgan fingerprint density at radius 3 is 2.48 bits per heavy atom. The Hall–Kier alpha value is -0.760. The molecule has 1 saturated carbocycles. The van der Waals surface area contributed by atoms with E-state index in [0.717, 1.165) is 30.6 Å². The highest BCUT2D eigenvalue weighted by Gasteiger charge is 2.32. The molecule has 1 aromatic rings. The van der Waals surface area contributed by atoms with Gasteiger partial charge in [0, 0.05) is 12.5 Å². The fourth-order valence-corrected chi connectivity index (χ4v) is 3.77. The maximum Gasteiger partial charge on any atom is 0.105 e. The van der Waals surface area contributed by atoms with Gasteiger partial charge in [-0.1, -0.05) is 27.7 Å². The molecule has 1 unspecified atom stereocenters. The van der Waals surface area contributed by atoms with Gasteiger partial charge in [0.05, 0.1) is 6.26 Å². The van der Waals surface area contributed by atoms with Gasteiger partial charge in [-0.25, -0.2) is 0 Å². The average Bonchev–Trinajstić information content (AvgIpc) is 2.95. The van der Waals surface area contributed by atoms with Crippen LogP contribution in [0.2, 0.25) is 0 Å². The van der Waals surface area contributed by atoms with Crippen molar-refractivity contribution < 1.29 is 4.42 Å². The molecule has 0 aromatic carbocycles. The minimum atomic E-state index is 0.471. The first-order valence-electron chi connectivity index (χ1n) is 8.76. The summed E-state index contributed by atoms with van der Waals surface area (Å²) in [6, 6.07) is 4.70. The van der Waals surface area contributed by atoms with Gasteiger partial charge in [-0.05, 0) is 68.0 Å². The Morgan fingerprint density at radius 1 is 1.24 bits per heavy atom. The topological polar surface area (TPSA) is 25.2 Å². The van der Waals surface area contributed by atoms with E-state index in [1.54, 1.807) is 6.26 Å². The van der Waals surface area contributed by atoms with Gasteiger partial charge in [0.1, 0.15) is 5.76 Å². The lowest BCUT2D eigenvalue weighted by Crippen LogP contribution is -2.41. The number of nitrogens with one attached hydrogen (secondary N) is 1. The molecule has 0 radical (unpaired) electrons. The van der Waals surface area contributed by atoms with Gasteiger partial charge in [-0.15, -0.1) is 0 Å². The lowest BCUT2D eigenvalue weighted by molar-refractivity contribution is 0.131. The van der Waals surface area contributed by atoms with Crippen molar-refractivity contribution >= 4 is 0 Å². The highest BCUT2D eigenvalue weighted by atomic mass is 16.3. The monoisotopic (exact) mass is 291 g/mol. The molecule has 1 aliphatic carbocycles. The van der Waals surface area contributed by atoms with Crippen LogP contribution in [0.1, 0.15) is 65.6 Å². The summed E-state index contributed by atoms with van der Waals surface area (Å²) in [5.74, 6) is 2.82. The minimum Gasteiger partial charge on any atom is -0.469 e. The number of hydrogen-bond acceptors (Lipinski definition) is 2. The molecule has 0 aliphatic heterocycles. The molecule has 1 heterocycles. The predicted molar refractivity (Wildman–Crippen MR) is 89.4 cm³/mol. The molecular formula is C19H33NO. The van der Waals surface area contributed by atoms with Crippen molar-refractivity contribution in [1.82, 2.24) is 5.32 Å². The Morgan fingerprint density at radius 2 is 1.95 bits per heavy atom. The molecule has 0 saturated heterocycles. The fraction of sp³-hybridized carbons (Fsp3) is 0.789. The summed E-state index contributed by atoms with van der Waals surface area (Å²) < 4.78 is 5.57. The van der Waals surface area contributed by atoms with Gasteiger partial charge in [-0.3, -0.25) is 0 Å². The van der Waals surface area contributed by atoms with Crippen LogP contribution in [0.15, 0.2) is 22.8 Å². The number of furan rings is 1. The Kier molecular flexibility index (Phi) is 5.92. The van der Waals surface area contributed by atoms with Gasteiger partial charge in [-0.2, -0.15) is 0 Å². The Balaban J connectivity index is 1.92. The summed E-state index contributed by atoms with van der Waals surface area (Å²) in [5, 5.41) is 3.77. The molecule has 1 fully saturated rings. The van der Waals surface area contributed by atoms with Gasteiger partial charge < -0.3 is 9.73 Å². The maximum atomic E-state index is 5.57. The summed E-state index contributed by atoms with van der Waals surface area (Å²) in [6.07, 6.45) is 9.54. The van der Waals surface area contributed by atoms with Crippen molar-refractivity contribution in [3.63, 3.8) is 0 Å². The highest BCUT2D eigenvalue weighted by Crippen LogP contribution is 2.41. The van der Waals surface area contributed by atoms with Crippen molar-refractivity contribution in [2.75, 3.05) is 6.54 Å². The second kappa shape index (κ2) is 7.49. The molecular weight excluding hydrogens is 258 g/mol. The van der Waals surface area contributed by atoms with E-state index in [4.69, 9.17) is 4.42 Å². The van der Waals surface area contributed by atoms with Crippen LogP contribution in [0.25, 0.3) is 0 Å². The van der Waals surface area contributed by atoms with Crippen molar-refractivity contribution in [3.05, 3.63) is 24.2 Å². The zero-order valence-corrected chi connectivity index (χ0v) is 14.3. The minimum absolute atomic E-state index is 0.471. The first-order valence-corrected chi connectivity index (χ1v) is 8.76. The van der Waals surface area contributed by atoms with Gasteiger partial charge in [0.25, 0.3) is 0 Å². The molecule has 2 heteroatoms. The third-order valence-corrected chi connectivity index (χ3v) is 5.22.